The predicted octanol–water partition coefficient (Wildman–Crippen LogP) is 2.05. The van der Waals surface area contributed by atoms with Gasteiger partial charge in [-0.25, -0.2) is 0 Å². The Morgan fingerprint density at radius 2 is 1.63 bits per heavy atom. The molecule has 1 saturated carbocycles. The lowest BCUT2D eigenvalue weighted by atomic mass is 9.87. The van der Waals surface area contributed by atoms with Crippen molar-refractivity contribution in [2.75, 3.05) is 39.3 Å². The lowest BCUT2D eigenvalue weighted by molar-refractivity contribution is -0.138. The van der Waals surface area contributed by atoms with Gasteiger partial charge in [-0.1, -0.05) is 32.1 Å². The van der Waals surface area contributed by atoms with E-state index in [9.17, 15) is 4.79 Å². The standard InChI is InChI=1S/C15H28N2O2/c18-15(19)13-17-9-4-8-16(11-12-17)10-7-14-5-2-1-3-6-14/h14H,1-13H2,(H,18,19). The van der Waals surface area contributed by atoms with Crippen LogP contribution in [-0.4, -0.2) is 60.1 Å². The van der Waals surface area contributed by atoms with Gasteiger partial charge in [0.2, 0.25) is 0 Å². The SMILES string of the molecule is O=C(O)CN1CCCN(CCC2CCCCC2)CC1. The third-order valence-electron chi connectivity index (χ3n) is 4.62. The zero-order valence-electron chi connectivity index (χ0n) is 12.0. The van der Waals surface area contributed by atoms with Crippen molar-refractivity contribution in [3.63, 3.8) is 0 Å². The Labute approximate surface area is 116 Å². The molecule has 0 aromatic heterocycles. The smallest absolute Gasteiger partial charge is 0.317 e. The summed E-state index contributed by atoms with van der Waals surface area (Å²) >= 11 is 0. The maximum atomic E-state index is 10.7. The molecule has 0 radical (unpaired) electrons. The highest BCUT2D eigenvalue weighted by molar-refractivity contribution is 5.69. The number of carboxylic acid groups (broad SMARTS) is 1. The average Bonchev–Trinajstić information content (AvgIpc) is 2.62. The Morgan fingerprint density at radius 1 is 0.947 bits per heavy atom. The second-order valence-corrected chi connectivity index (χ2v) is 6.16. The summed E-state index contributed by atoms with van der Waals surface area (Å²) in [7, 11) is 0. The van der Waals surface area contributed by atoms with Gasteiger partial charge in [0.25, 0.3) is 0 Å². The first-order valence-corrected chi connectivity index (χ1v) is 7.90. The number of rotatable bonds is 5. The summed E-state index contributed by atoms with van der Waals surface area (Å²) in [6.45, 7) is 5.45. The molecule has 0 aromatic carbocycles. The molecular weight excluding hydrogens is 240 g/mol. The summed E-state index contributed by atoms with van der Waals surface area (Å²) in [5, 5.41) is 8.84. The fraction of sp³-hybridized carbons (Fsp3) is 0.933. The molecule has 2 fully saturated rings. The van der Waals surface area contributed by atoms with Gasteiger partial charge >= 0.3 is 5.97 Å². The Balaban J connectivity index is 1.65. The highest BCUT2D eigenvalue weighted by Crippen LogP contribution is 2.26. The van der Waals surface area contributed by atoms with Gasteiger partial charge in [0.1, 0.15) is 0 Å². The molecule has 0 amide bonds. The van der Waals surface area contributed by atoms with Gasteiger partial charge in [-0.2, -0.15) is 0 Å². The van der Waals surface area contributed by atoms with Crippen LogP contribution in [0.3, 0.4) is 0 Å². The van der Waals surface area contributed by atoms with Gasteiger partial charge in [0.15, 0.2) is 0 Å². The van der Waals surface area contributed by atoms with Crippen molar-refractivity contribution >= 4 is 5.97 Å². The summed E-state index contributed by atoms with van der Waals surface area (Å²) in [4.78, 5) is 15.3. The van der Waals surface area contributed by atoms with Crippen LogP contribution in [-0.2, 0) is 4.79 Å². The summed E-state index contributed by atoms with van der Waals surface area (Å²) in [5.41, 5.74) is 0. The molecule has 1 aliphatic heterocycles. The van der Waals surface area contributed by atoms with Crippen molar-refractivity contribution in [2.45, 2.75) is 44.9 Å². The van der Waals surface area contributed by atoms with Crippen LogP contribution in [0.5, 0.6) is 0 Å². The third kappa shape index (κ3) is 5.49. The van der Waals surface area contributed by atoms with Crippen LogP contribution in [0.15, 0.2) is 0 Å². The second kappa shape index (κ2) is 7.85. The average molecular weight is 268 g/mol. The normalized spacial score (nSPS) is 24.2. The van der Waals surface area contributed by atoms with E-state index in [2.05, 4.69) is 9.80 Å². The highest BCUT2D eigenvalue weighted by Gasteiger charge is 2.18. The Bertz CT molecular complexity index is 277. The van der Waals surface area contributed by atoms with Crippen molar-refractivity contribution in [3.05, 3.63) is 0 Å². The van der Waals surface area contributed by atoms with Crippen LogP contribution < -0.4 is 0 Å². The summed E-state index contributed by atoms with van der Waals surface area (Å²) < 4.78 is 0. The highest BCUT2D eigenvalue weighted by atomic mass is 16.4. The number of aliphatic carboxylic acids is 1. The van der Waals surface area contributed by atoms with Gasteiger partial charge < -0.3 is 10.0 Å². The molecule has 0 spiro atoms. The molecule has 2 aliphatic rings. The van der Waals surface area contributed by atoms with Crippen LogP contribution >= 0.6 is 0 Å². The molecule has 0 atom stereocenters. The van der Waals surface area contributed by atoms with Crippen LogP contribution in [0.2, 0.25) is 0 Å². The molecule has 1 heterocycles. The minimum absolute atomic E-state index is 0.205. The molecular formula is C15H28N2O2. The minimum atomic E-state index is -0.698. The molecule has 1 aliphatic carbocycles. The number of carboxylic acids is 1. The van der Waals surface area contributed by atoms with E-state index in [4.69, 9.17) is 5.11 Å². The third-order valence-corrected chi connectivity index (χ3v) is 4.62. The Morgan fingerprint density at radius 3 is 2.37 bits per heavy atom. The van der Waals surface area contributed by atoms with Crippen molar-refractivity contribution in [1.82, 2.24) is 9.80 Å². The van der Waals surface area contributed by atoms with E-state index in [1.54, 1.807) is 0 Å². The lowest BCUT2D eigenvalue weighted by Crippen LogP contribution is -2.34. The summed E-state index contributed by atoms with van der Waals surface area (Å²) in [6, 6.07) is 0. The minimum Gasteiger partial charge on any atom is -0.480 e. The van der Waals surface area contributed by atoms with Crippen LogP contribution in [0.4, 0.5) is 0 Å². The Hall–Kier alpha value is -0.610. The molecule has 110 valence electrons. The topological polar surface area (TPSA) is 43.8 Å². The molecule has 2 rings (SSSR count). The fourth-order valence-corrected chi connectivity index (χ4v) is 3.44. The van der Waals surface area contributed by atoms with Gasteiger partial charge in [-0.15, -0.1) is 0 Å². The van der Waals surface area contributed by atoms with E-state index >= 15 is 0 Å². The first-order valence-electron chi connectivity index (χ1n) is 7.90. The van der Waals surface area contributed by atoms with Crippen molar-refractivity contribution in [2.24, 2.45) is 5.92 Å². The van der Waals surface area contributed by atoms with Gasteiger partial charge in [-0.05, 0) is 31.8 Å². The zero-order valence-corrected chi connectivity index (χ0v) is 12.0. The van der Waals surface area contributed by atoms with Crippen LogP contribution in [0.1, 0.15) is 44.9 Å². The van der Waals surface area contributed by atoms with E-state index < -0.39 is 5.97 Å². The monoisotopic (exact) mass is 268 g/mol. The quantitative estimate of drug-likeness (QED) is 0.829. The van der Waals surface area contributed by atoms with Gasteiger partial charge in [0.05, 0.1) is 6.54 Å². The van der Waals surface area contributed by atoms with E-state index in [1.165, 1.54) is 45.1 Å². The second-order valence-electron chi connectivity index (χ2n) is 6.16. The molecule has 0 unspecified atom stereocenters. The molecule has 0 aromatic rings. The maximum absolute atomic E-state index is 10.7. The molecule has 1 N–H and O–H groups in total. The number of hydrogen-bond donors (Lipinski definition) is 1. The fourth-order valence-electron chi connectivity index (χ4n) is 3.44. The molecule has 19 heavy (non-hydrogen) atoms. The first-order chi connectivity index (χ1) is 9.24. The largest absolute Gasteiger partial charge is 0.480 e. The first kappa shape index (κ1) is 14.8. The number of carbonyl (C=O) groups is 1. The van der Waals surface area contributed by atoms with E-state index in [0.717, 1.165) is 38.5 Å². The lowest BCUT2D eigenvalue weighted by Gasteiger charge is -2.26. The molecule has 4 nitrogen and oxygen atoms in total. The predicted molar refractivity (Wildman–Crippen MR) is 76.3 cm³/mol. The van der Waals surface area contributed by atoms with Crippen LogP contribution in [0, 0.1) is 5.92 Å². The zero-order chi connectivity index (χ0) is 13.5. The molecule has 1 saturated heterocycles. The van der Waals surface area contributed by atoms with Gasteiger partial charge in [0, 0.05) is 19.6 Å². The summed E-state index contributed by atoms with van der Waals surface area (Å²) in [6.07, 6.45) is 9.60. The summed E-state index contributed by atoms with van der Waals surface area (Å²) in [5.74, 6) is 0.253. The van der Waals surface area contributed by atoms with Crippen LogP contribution in [0.25, 0.3) is 0 Å². The van der Waals surface area contributed by atoms with E-state index in [0.29, 0.717) is 0 Å². The van der Waals surface area contributed by atoms with E-state index in [1.807, 2.05) is 0 Å². The van der Waals surface area contributed by atoms with Crippen molar-refractivity contribution in [1.29, 1.82) is 0 Å². The number of nitrogens with zero attached hydrogens (tertiary/aromatic N) is 2. The maximum Gasteiger partial charge on any atom is 0.317 e. The van der Waals surface area contributed by atoms with Crippen molar-refractivity contribution < 1.29 is 9.90 Å². The molecule has 4 heteroatoms. The Kier molecular flexibility index (Phi) is 6.11. The van der Waals surface area contributed by atoms with Gasteiger partial charge in [-0.3, -0.25) is 9.69 Å². The van der Waals surface area contributed by atoms with Crippen molar-refractivity contribution in [3.8, 4) is 0 Å². The van der Waals surface area contributed by atoms with E-state index in [-0.39, 0.29) is 6.54 Å². The number of hydrogen-bond acceptors (Lipinski definition) is 3. The molecule has 0 bridgehead atoms.